The maximum Gasteiger partial charge on any atom is 0.251 e. The van der Waals surface area contributed by atoms with E-state index in [0.29, 0.717) is 6.42 Å². The second-order valence-electron chi connectivity index (χ2n) is 4.98. The van der Waals surface area contributed by atoms with Gasteiger partial charge >= 0.3 is 0 Å². The van der Waals surface area contributed by atoms with Gasteiger partial charge in [-0.3, -0.25) is 4.79 Å². The van der Waals surface area contributed by atoms with Crippen LogP contribution in [0.1, 0.15) is 38.5 Å². The molecule has 1 aliphatic heterocycles. The lowest BCUT2D eigenvalue weighted by Gasteiger charge is -2.33. The van der Waals surface area contributed by atoms with Gasteiger partial charge in [0.05, 0.1) is 0 Å². The third-order valence-corrected chi connectivity index (χ3v) is 3.97. The van der Waals surface area contributed by atoms with E-state index in [1.807, 2.05) is 0 Å². The number of amides is 1. The van der Waals surface area contributed by atoms with Crippen molar-refractivity contribution in [2.75, 3.05) is 13.2 Å². The molecule has 0 aromatic heterocycles. The van der Waals surface area contributed by atoms with Crippen molar-refractivity contribution < 1.29 is 15.0 Å². The maximum atomic E-state index is 12.1. The number of carbonyl (C=O) groups is 1. The van der Waals surface area contributed by atoms with Crippen LogP contribution in [0.25, 0.3) is 0 Å². The number of nitrogens with zero attached hydrogens (tertiary/aromatic N) is 1. The molecule has 2 atom stereocenters. The van der Waals surface area contributed by atoms with Crippen LogP contribution >= 0.6 is 0 Å². The summed E-state index contributed by atoms with van der Waals surface area (Å²) in [7, 11) is 0. The predicted octanol–water partition coefficient (Wildman–Crippen LogP) is 0.521. The molecule has 2 aliphatic rings. The van der Waals surface area contributed by atoms with Crippen LogP contribution in [0.3, 0.4) is 0 Å². The summed E-state index contributed by atoms with van der Waals surface area (Å²) in [5.41, 5.74) is 0. The molecule has 1 aliphatic carbocycles. The number of hydrogen-bond acceptors (Lipinski definition) is 3. The number of aliphatic hydroxyl groups excluding tert-OH is 2. The van der Waals surface area contributed by atoms with Crippen molar-refractivity contribution >= 4 is 5.91 Å². The minimum Gasteiger partial charge on any atom is -0.396 e. The molecule has 92 valence electrons. The molecule has 2 rings (SSSR count). The van der Waals surface area contributed by atoms with Crippen LogP contribution in [-0.4, -0.2) is 46.3 Å². The molecule has 2 fully saturated rings. The zero-order valence-electron chi connectivity index (χ0n) is 9.64. The van der Waals surface area contributed by atoms with Crippen LogP contribution < -0.4 is 0 Å². The van der Waals surface area contributed by atoms with Gasteiger partial charge in [0.25, 0.3) is 5.91 Å². The summed E-state index contributed by atoms with van der Waals surface area (Å²) in [6.07, 6.45) is 4.89. The highest BCUT2D eigenvalue weighted by Crippen LogP contribution is 2.31. The molecule has 0 aromatic carbocycles. The van der Waals surface area contributed by atoms with Gasteiger partial charge in [-0.1, -0.05) is 6.42 Å². The van der Waals surface area contributed by atoms with Gasteiger partial charge in [-0.05, 0) is 38.0 Å². The van der Waals surface area contributed by atoms with E-state index < -0.39 is 6.10 Å². The molecule has 0 aromatic rings. The van der Waals surface area contributed by atoms with E-state index in [1.165, 1.54) is 0 Å². The normalized spacial score (nSPS) is 27.9. The van der Waals surface area contributed by atoms with E-state index in [1.54, 1.807) is 4.90 Å². The SMILES string of the molecule is O=C(C(O)C1CCC1)N1CCCC1CCO. The number of rotatable bonds is 4. The first-order valence-corrected chi connectivity index (χ1v) is 6.33. The molecule has 1 saturated carbocycles. The number of hydrogen-bond donors (Lipinski definition) is 2. The smallest absolute Gasteiger partial charge is 0.251 e. The van der Waals surface area contributed by atoms with Crippen LogP contribution in [0, 0.1) is 5.92 Å². The van der Waals surface area contributed by atoms with Gasteiger partial charge in [0.15, 0.2) is 0 Å². The fourth-order valence-corrected chi connectivity index (χ4v) is 2.70. The number of carbonyl (C=O) groups excluding carboxylic acids is 1. The lowest BCUT2D eigenvalue weighted by molar-refractivity contribution is -0.146. The molecule has 2 unspecified atom stereocenters. The quantitative estimate of drug-likeness (QED) is 0.736. The third-order valence-electron chi connectivity index (χ3n) is 3.97. The van der Waals surface area contributed by atoms with Crippen LogP contribution in [0.2, 0.25) is 0 Å². The monoisotopic (exact) mass is 227 g/mol. The molecular weight excluding hydrogens is 206 g/mol. The van der Waals surface area contributed by atoms with Crippen molar-refractivity contribution in [2.45, 2.75) is 50.7 Å². The Bertz CT molecular complexity index is 253. The van der Waals surface area contributed by atoms with Gasteiger partial charge in [0.2, 0.25) is 0 Å². The van der Waals surface area contributed by atoms with Gasteiger partial charge in [-0.15, -0.1) is 0 Å². The molecule has 4 nitrogen and oxygen atoms in total. The van der Waals surface area contributed by atoms with E-state index in [9.17, 15) is 9.90 Å². The van der Waals surface area contributed by atoms with E-state index in [2.05, 4.69) is 0 Å². The number of likely N-dealkylation sites (tertiary alicyclic amines) is 1. The van der Waals surface area contributed by atoms with Crippen molar-refractivity contribution in [1.29, 1.82) is 0 Å². The molecule has 0 radical (unpaired) electrons. The maximum absolute atomic E-state index is 12.1. The fraction of sp³-hybridized carbons (Fsp3) is 0.917. The van der Waals surface area contributed by atoms with Gasteiger partial charge in [0, 0.05) is 19.2 Å². The summed E-state index contributed by atoms with van der Waals surface area (Å²) in [6, 6.07) is 0.146. The third kappa shape index (κ3) is 2.23. The highest BCUT2D eigenvalue weighted by Gasteiger charge is 2.37. The average Bonchev–Trinajstić information content (AvgIpc) is 2.62. The molecule has 16 heavy (non-hydrogen) atoms. The second-order valence-corrected chi connectivity index (χ2v) is 4.98. The van der Waals surface area contributed by atoms with Crippen molar-refractivity contribution in [2.24, 2.45) is 5.92 Å². The molecule has 2 N–H and O–H groups in total. The lowest BCUT2D eigenvalue weighted by atomic mass is 9.80. The van der Waals surface area contributed by atoms with E-state index in [4.69, 9.17) is 5.11 Å². The Morgan fingerprint density at radius 1 is 1.31 bits per heavy atom. The van der Waals surface area contributed by atoms with E-state index in [-0.39, 0.29) is 24.5 Å². The van der Waals surface area contributed by atoms with E-state index in [0.717, 1.165) is 38.6 Å². The Labute approximate surface area is 96.3 Å². The van der Waals surface area contributed by atoms with Gasteiger partial charge in [-0.25, -0.2) is 0 Å². The Balaban J connectivity index is 1.91. The average molecular weight is 227 g/mol. The van der Waals surface area contributed by atoms with E-state index >= 15 is 0 Å². The zero-order valence-corrected chi connectivity index (χ0v) is 9.64. The predicted molar refractivity (Wildman–Crippen MR) is 59.8 cm³/mol. The molecule has 1 heterocycles. The first-order valence-electron chi connectivity index (χ1n) is 6.33. The molecular formula is C12H21NO3. The first-order chi connectivity index (χ1) is 7.74. The standard InChI is InChI=1S/C12H21NO3/c14-8-6-10-5-2-7-13(10)12(16)11(15)9-3-1-4-9/h9-11,14-15H,1-8H2. The summed E-state index contributed by atoms with van der Waals surface area (Å²) in [4.78, 5) is 13.8. The zero-order chi connectivity index (χ0) is 11.5. The highest BCUT2D eigenvalue weighted by atomic mass is 16.3. The lowest BCUT2D eigenvalue weighted by Crippen LogP contribution is -2.46. The van der Waals surface area contributed by atoms with Gasteiger partial charge in [-0.2, -0.15) is 0 Å². The highest BCUT2D eigenvalue weighted by molar-refractivity contribution is 5.81. The largest absolute Gasteiger partial charge is 0.396 e. The van der Waals surface area contributed by atoms with Crippen molar-refractivity contribution in [3.63, 3.8) is 0 Å². The van der Waals surface area contributed by atoms with Crippen LogP contribution in [-0.2, 0) is 4.79 Å². The Morgan fingerprint density at radius 2 is 2.06 bits per heavy atom. The summed E-state index contributed by atoms with van der Waals surface area (Å²) < 4.78 is 0. The first kappa shape index (κ1) is 11.9. The summed E-state index contributed by atoms with van der Waals surface area (Å²) >= 11 is 0. The fourth-order valence-electron chi connectivity index (χ4n) is 2.70. The van der Waals surface area contributed by atoms with Crippen molar-refractivity contribution in [1.82, 2.24) is 4.90 Å². The Kier molecular flexibility index (Phi) is 3.82. The molecule has 0 bridgehead atoms. The molecule has 1 amide bonds. The Hall–Kier alpha value is -0.610. The van der Waals surface area contributed by atoms with Crippen LogP contribution in [0.4, 0.5) is 0 Å². The minimum atomic E-state index is -0.798. The molecule has 0 spiro atoms. The topological polar surface area (TPSA) is 60.8 Å². The van der Waals surface area contributed by atoms with Crippen LogP contribution in [0.5, 0.6) is 0 Å². The minimum absolute atomic E-state index is 0.111. The van der Waals surface area contributed by atoms with Crippen LogP contribution in [0.15, 0.2) is 0 Å². The molecule has 1 saturated heterocycles. The number of aliphatic hydroxyl groups is 2. The van der Waals surface area contributed by atoms with Crippen molar-refractivity contribution in [3.8, 4) is 0 Å². The summed E-state index contributed by atoms with van der Waals surface area (Å²) in [5.74, 6) is 0.0727. The molecule has 4 heteroatoms. The van der Waals surface area contributed by atoms with Gasteiger partial charge < -0.3 is 15.1 Å². The summed E-state index contributed by atoms with van der Waals surface area (Å²) in [5, 5.41) is 18.9. The second kappa shape index (κ2) is 5.15. The summed E-state index contributed by atoms with van der Waals surface area (Å²) in [6.45, 7) is 0.862. The Morgan fingerprint density at radius 3 is 2.62 bits per heavy atom. The van der Waals surface area contributed by atoms with Gasteiger partial charge in [0.1, 0.15) is 6.10 Å². The van der Waals surface area contributed by atoms with Crippen molar-refractivity contribution in [3.05, 3.63) is 0 Å².